The highest BCUT2D eigenvalue weighted by Gasteiger charge is 2.12. The standard InChI is InChI=1S/C15H21N3/c1-11-6-5-7-14(8-11)12(2)17-13(3)15-9-16-18(4)10-15/h5-10,12-13,17H,1-4H3/t12-,13?/m0/s1. The maximum atomic E-state index is 4.21. The predicted octanol–water partition coefficient (Wildman–Crippen LogP) is 3.14. The summed E-state index contributed by atoms with van der Waals surface area (Å²) in [5.74, 6) is 0. The second-order valence-electron chi connectivity index (χ2n) is 4.97. The molecular formula is C15H21N3. The minimum Gasteiger partial charge on any atom is -0.304 e. The molecule has 0 aliphatic rings. The van der Waals surface area contributed by atoms with Crippen molar-refractivity contribution in [2.75, 3.05) is 0 Å². The predicted molar refractivity (Wildman–Crippen MR) is 74.4 cm³/mol. The first-order chi connectivity index (χ1) is 8.56. The van der Waals surface area contributed by atoms with Crippen molar-refractivity contribution in [1.29, 1.82) is 0 Å². The molecule has 0 aliphatic heterocycles. The van der Waals surface area contributed by atoms with Gasteiger partial charge in [0.1, 0.15) is 0 Å². The molecule has 2 atom stereocenters. The Morgan fingerprint density at radius 2 is 1.89 bits per heavy atom. The first-order valence-electron chi connectivity index (χ1n) is 6.37. The van der Waals surface area contributed by atoms with E-state index in [9.17, 15) is 0 Å². The van der Waals surface area contributed by atoms with Gasteiger partial charge in [0.15, 0.2) is 0 Å². The molecule has 1 aromatic carbocycles. The molecule has 0 saturated carbocycles. The fourth-order valence-corrected chi connectivity index (χ4v) is 2.17. The fraction of sp³-hybridized carbons (Fsp3) is 0.400. The van der Waals surface area contributed by atoms with Crippen LogP contribution in [0.3, 0.4) is 0 Å². The monoisotopic (exact) mass is 243 g/mol. The Labute approximate surface area is 109 Å². The molecule has 3 nitrogen and oxygen atoms in total. The molecule has 18 heavy (non-hydrogen) atoms. The summed E-state index contributed by atoms with van der Waals surface area (Å²) in [6.07, 6.45) is 3.97. The van der Waals surface area contributed by atoms with Crippen LogP contribution >= 0.6 is 0 Å². The Kier molecular flexibility index (Phi) is 3.82. The fourth-order valence-electron chi connectivity index (χ4n) is 2.17. The SMILES string of the molecule is Cc1cccc([C@H](C)NC(C)c2cnn(C)c2)c1. The van der Waals surface area contributed by atoms with Crippen molar-refractivity contribution in [3.05, 3.63) is 53.3 Å². The van der Waals surface area contributed by atoms with Gasteiger partial charge in [-0.2, -0.15) is 5.10 Å². The minimum atomic E-state index is 0.300. The van der Waals surface area contributed by atoms with E-state index in [0.717, 1.165) is 0 Å². The first-order valence-corrected chi connectivity index (χ1v) is 6.37. The summed E-state index contributed by atoms with van der Waals surface area (Å²) in [6.45, 7) is 6.49. The molecule has 1 aromatic heterocycles. The second kappa shape index (κ2) is 5.36. The van der Waals surface area contributed by atoms with Gasteiger partial charge in [-0.25, -0.2) is 0 Å². The van der Waals surface area contributed by atoms with Crippen molar-refractivity contribution in [2.45, 2.75) is 32.9 Å². The smallest absolute Gasteiger partial charge is 0.0537 e. The highest BCUT2D eigenvalue weighted by molar-refractivity contribution is 5.25. The lowest BCUT2D eigenvalue weighted by Gasteiger charge is -2.19. The lowest BCUT2D eigenvalue weighted by molar-refractivity contribution is 0.494. The number of benzene rings is 1. The zero-order valence-electron chi connectivity index (χ0n) is 11.5. The zero-order chi connectivity index (χ0) is 13.1. The molecule has 0 spiro atoms. The lowest BCUT2D eigenvalue weighted by atomic mass is 10.0. The van der Waals surface area contributed by atoms with Gasteiger partial charge in [0, 0.05) is 30.9 Å². The molecule has 0 aliphatic carbocycles. The molecule has 0 radical (unpaired) electrons. The van der Waals surface area contributed by atoms with E-state index in [1.54, 1.807) is 0 Å². The van der Waals surface area contributed by atoms with Gasteiger partial charge in [-0.15, -0.1) is 0 Å². The number of nitrogens with one attached hydrogen (secondary N) is 1. The van der Waals surface area contributed by atoms with Crippen LogP contribution in [0.25, 0.3) is 0 Å². The van der Waals surface area contributed by atoms with Gasteiger partial charge in [0.25, 0.3) is 0 Å². The van der Waals surface area contributed by atoms with Gasteiger partial charge in [0.05, 0.1) is 6.20 Å². The number of aryl methyl sites for hydroxylation is 2. The van der Waals surface area contributed by atoms with E-state index < -0.39 is 0 Å². The van der Waals surface area contributed by atoms with Crippen molar-refractivity contribution in [1.82, 2.24) is 15.1 Å². The largest absolute Gasteiger partial charge is 0.304 e. The molecule has 1 heterocycles. The van der Waals surface area contributed by atoms with Crippen LogP contribution in [0.4, 0.5) is 0 Å². The third kappa shape index (κ3) is 2.99. The van der Waals surface area contributed by atoms with Gasteiger partial charge in [-0.3, -0.25) is 4.68 Å². The average Bonchev–Trinajstić information content (AvgIpc) is 2.76. The molecule has 2 aromatic rings. The van der Waals surface area contributed by atoms with Crippen molar-refractivity contribution < 1.29 is 0 Å². The van der Waals surface area contributed by atoms with Crippen LogP contribution < -0.4 is 5.32 Å². The summed E-state index contributed by atoms with van der Waals surface area (Å²) in [6, 6.07) is 9.27. The van der Waals surface area contributed by atoms with Crippen LogP contribution in [0.15, 0.2) is 36.7 Å². The quantitative estimate of drug-likeness (QED) is 0.894. The Morgan fingerprint density at radius 3 is 2.50 bits per heavy atom. The Hall–Kier alpha value is -1.61. The van der Waals surface area contributed by atoms with Crippen LogP contribution in [0.5, 0.6) is 0 Å². The minimum absolute atomic E-state index is 0.300. The molecule has 1 N–H and O–H groups in total. The van der Waals surface area contributed by atoms with Crippen LogP contribution in [0, 0.1) is 6.92 Å². The van der Waals surface area contributed by atoms with Crippen LogP contribution in [-0.2, 0) is 7.05 Å². The molecule has 1 unspecified atom stereocenters. The number of rotatable bonds is 4. The molecule has 2 rings (SSSR count). The van der Waals surface area contributed by atoms with Crippen molar-refractivity contribution in [3.8, 4) is 0 Å². The maximum absolute atomic E-state index is 4.21. The molecule has 3 heteroatoms. The average molecular weight is 243 g/mol. The summed E-state index contributed by atoms with van der Waals surface area (Å²) in [5, 5.41) is 7.81. The first kappa shape index (κ1) is 12.8. The number of hydrogen-bond donors (Lipinski definition) is 1. The van der Waals surface area contributed by atoms with Crippen molar-refractivity contribution in [2.24, 2.45) is 7.05 Å². The molecule has 0 saturated heterocycles. The molecule has 0 amide bonds. The number of hydrogen-bond acceptors (Lipinski definition) is 2. The summed E-state index contributed by atoms with van der Waals surface area (Å²) in [7, 11) is 1.94. The zero-order valence-corrected chi connectivity index (χ0v) is 11.5. The van der Waals surface area contributed by atoms with Crippen LogP contribution in [0.2, 0.25) is 0 Å². The number of nitrogens with zero attached hydrogens (tertiary/aromatic N) is 2. The Bertz CT molecular complexity index is 516. The van der Waals surface area contributed by atoms with E-state index in [1.165, 1.54) is 16.7 Å². The molecular weight excluding hydrogens is 222 g/mol. The molecule has 96 valence electrons. The maximum Gasteiger partial charge on any atom is 0.0537 e. The summed E-state index contributed by atoms with van der Waals surface area (Å²) in [5.41, 5.74) is 3.85. The van der Waals surface area contributed by atoms with E-state index in [0.29, 0.717) is 12.1 Å². The van der Waals surface area contributed by atoms with Crippen molar-refractivity contribution in [3.63, 3.8) is 0 Å². The lowest BCUT2D eigenvalue weighted by Crippen LogP contribution is -2.22. The molecule has 0 bridgehead atoms. The second-order valence-corrected chi connectivity index (χ2v) is 4.97. The summed E-state index contributed by atoms with van der Waals surface area (Å²) < 4.78 is 1.84. The normalized spacial score (nSPS) is 14.4. The molecule has 0 fully saturated rings. The third-order valence-electron chi connectivity index (χ3n) is 3.27. The van der Waals surface area contributed by atoms with Gasteiger partial charge in [-0.1, -0.05) is 29.8 Å². The number of aromatic nitrogens is 2. The van der Waals surface area contributed by atoms with E-state index in [1.807, 2.05) is 17.9 Å². The van der Waals surface area contributed by atoms with Crippen LogP contribution in [0.1, 0.15) is 42.6 Å². The van der Waals surface area contributed by atoms with Gasteiger partial charge >= 0.3 is 0 Å². The highest BCUT2D eigenvalue weighted by atomic mass is 15.2. The van der Waals surface area contributed by atoms with Gasteiger partial charge in [-0.05, 0) is 26.3 Å². The highest BCUT2D eigenvalue weighted by Crippen LogP contribution is 2.19. The van der Waals surface area contributed by atoms with Crippen LogP contribution in [-0.4, -0.2) is 9.78 Å². The summed E-state index contributed by atoms with van der Waals surface area (Å²) in [4.78, 5) is 0. The van der Waals surface area contributed by atoms with E-state index in [4.69, 9.17) is 0 Å². The summed E-state index contributed by atoms with van der Waals surface area (Å²) >= 11 is 0. The van der Waals surface area contributed by atoms with E-state index in [2.05, 4.69) is 61.6 Å². The third-order valence-corrected chi connectivity index (χ3v) is 3.27. The van der Waals surface area contributed by atoms with Crippen molar-refractivity contribution >= 4 is 0 Å². The van der Waals surface area contributed by atoms with E-state index >= 15 is 0 Å². The van der Waals surface area contributed by atoms with Gasteiger partial charge in [0.2, 0.25) is 0 Å². The topological polar surface area (TPSA) is 29.9 Å². The van der Waals surface area contributed by atoms with E-state index in [-0.39, 0.29) is 0 Å². The van der Waals surface area contributed by atoms with Gasteiger partial charge < -0.3 is 5.32 Å². The Morgan fingerprint density at radius 1 is 1.17 bits per heavy atom. The Balaban J connectivity index is 2.05.